The van der Waals surface area contributed by atoms with Gasteiger partial charge in [0, 0.05) is 24.9 Å². The highest BCUT2D eigenvalue weighted by Gasteiger charge is 2.28. The van der Waals surface area contributed by atoms with Gasteiger partial charge < -0.3 is 5.32 Å². The Hall–Kier alpha value is -2.23. The van der Waals surface area contributed by atoms with Gasteiger partial charge in [-0.2, -0.15) is 4.31 Å². The van der Waals surface area contributed by atoms with E-state index < -0.39 is 19.9 Å². The standard InChI is InChI=1S/C21H26N2O5S2/c1-15-6-9-19(30(27,28)23-12-4-5-13-23)14-20(15)21(24)22-16(2)17-7-10-18(11-8-17)29(3,25)26/h6-11,14,16H,4-5,12-13H2,1-3H3,(H,22,24)/t16-/m0/s1. The van der Waals surface area contributed by atoms with E-state index in [0.717, 1.165) is 24.7 Å². The van der Waals surface area contributed by atoms with Crippen LogP contribution in [0.3, 0.4) is 0 Å². The number of benzene rings is 2. The van der Waals surface area contributed by atoms with Crippen LogP contribution in [0.4, 0.5) is 0 Å². The Morgan fingerprint density at radius 1 is 0.967 bits per heavy atom. The molecule has 1 N–H and O–H groups in total. The van der Waals surface area contributed by atoms with Gasteiger partial charge >= 0.3 is 0 Å². The fourth-order valence-electron chi connectivity index (χ4n) is 3.45. The molecule has 3 rings (SSSR count). The van der Waals surface area contributed by atoms with E-state index in [1.54, 1.807) is 32.0 Å². The average Bonchev–Trinajstić information content (AvgIpc) is 3.23. The first kappa shape index (κ1) is 22.5. The van der Waals surface area contributed by atoms with Gasteiger partial charge in [-0.3, -0.25) is 4.79 Å². The van der Waals surface area contributed by atoms with Crippen LogP contribution in [0.25, 0.3) is 0 Å². The zero-order valence-electron chi connectivity index (χ0n) is 17.3. The average molecular weight is 451 g/mol. The molecule has 1 atom stereocenters. The van der Waals surface area contributed by atoms with Gasteiger partial charge in [0.2, 0.25) is 10.0 Å². The Kier molecular flexibility index (Phi) is 6.35. The monoisotopic (exact) mass is 450 g/mol. The van der Waals surface area contributed by atoms with Crippen LogP contribution in [0.15, 0.2) is 52.3 Å². The predicted molar refractivity (Wildman–Crippen MR) is 115 cm³/mol. The molecule has 1 aliphatic heterocycles. The van der Waals surface area contributed by atoms with Crippen molar-refractivity contribution in [1.29, 1.82) is 0 Å². The highest BCUT2D eigenvalue weighted by molar-refractivity contribution is 7.90. The highest BCUT2D eigenvalue weighted by Crippen LogP contribution is 2.24. The van der Waals surface area contributed by atoms with E-state index in [-0.39, 0.29) is 21.7 Å². The fourth-order valence-corrected chi connectivity index (χ4v) is 5.62. The van der Waals surface area contributed by atoms with E-state index in [1.807, 2.05) is 0 Å². The maximum Gasteiger partial charge on any atom is 0.252 e. The number of amides is 1. The molecule has 2 aromatic rings. The summed E-state index contributed by atoms with van der Waals surface area (Å²) in [7, 11) is -6.91. The number of nitrogens with zero attached hydrogens (tertiary/aromatic N) is 1. The molecule has 0 aromatic heterocycles. The molecule has 0 bridgehead atoms. The van der Waals surface area contributed by atoms with Crippen molar-refractivity contribution < 1.29 is 21.6 Å². The first-order valence-electron chi connectivity index (χ1n) is 9.72. The van der Waals surface area contributed by atoms with Gasteiger partial charge in [-0.25, -0.2) is 16.8 Å². The topological polar surface area (TPSA) is 101 Å². The van der Waals surface area contributed by atoms with E-state index in [4.69, 9.17) is 0 Å². The second kappa shape index (κ2) is 8.49. The minimum Gasteiger partial charge on any atom is -0.346 e. The lowest BCUT2D eigenvalue weighted by Gasteiger charge is -2.18. The number of sulfone groups is 1. The summed E-state index contributed by atoms with van der Waals surface area (Å²) in [5.41, 5.74) is 1.72. The lowest BCUT2D eigenvalue weighted by molar-refractivity contribution is 0.0939. The van der Waals surface area contributed by atoms with Crippen molar-refractivity contribution in [2.24, 2.45) is 0 Å². The van der Waals surface area contributed by atoms with Crippen LogP contribution in [-0.2, 0) is 19.9 Å². The van der Waals surface area contributed by atoms with Crippen LogP contribution in [-0.4, -0.2) is 46.4 Å². The number of carbonyl (C=O) groups is 1. The zero-order chi connectivity index (χ0) is 22.1. The van der Waals surface area contributed by atoms with Crippen molar-refractivity contribution in [3.63, 3.8) is 0 Å². The molecule has 0 aliphatic carbocycles. The maximum absolute atomic E-state index is 12.9. The van der Waals surface area contributed by atoms with Crippen LogP contribution in [0.1, 0.15) is 47.3 Å². The summed E-state index contributed by atoms with van der Waals surface area (Å²) in [6, 6.07) is 10.5. The SMILES string of the molecule is Cc1ccc(S(=O)(=O)N2CCCC2)cc1C(=O)N[C@@H](C)c1ccc(S(C)(=O)=O)cc1. The minimum atomic E-state index is -3.61. The van der Waals surface area contributed by atoms with E-state index in [2.05, 4.69) is 5.32 Å². The molecular weight excluding hydrogens is 424 g/mol. The van der Waals surface area contributed by atoms with Crippen molar-refractivity contribution >= 4 is 25.8 Å². The summed E-state index contributed by atoms with van der Waals surface area (Å²) in [6.45, 7) is 4.54. The fraction of sp³-hybridized carbons (Fsp3) is 0.381. The first-order valence-corrected chi connectivity index (χ1v) is 13.0. The second-order valence-electron chi connectivity index (χ2n) is 7.62. The summed E-state index contributed by atoms with van der Waals surface area (Å²) in [4.78, 5) is 13.2. The number of nitrogens with one attached hydrogen (secondary N) is 1. The molecule has 1 heterocycles. The zero-order valence-corrected chi connectivity index (χ0v) is 18.9. The Balaban J connectivity index is 1.81. The first-order chi connectivity index (χ1) is 14.0. The molecule has 0 saturated carbocycles. The van der Waals surface area contributed by atoms with Gasteiger partial charge in [-0.15, -0.1) is 0 Å². The maximum atomic E-state index is 12.9. The number of aryl methyl sites for hydroxylation is 1. The molecule has 1 saturated heterocycles. The van der Waals surface area contributed by atoms with Crippen LogP contribution >= 0.6 is 0 Å². The van der Waals surface area contributed by atoms with Crippen molar-refractivity contribution in [3.8, 4) is 0 Å². The number of hydrogen-bond acceptors (Lipinski definition) is 5. The van der Waals surface area contributed by atoms with Crippen molar-refractivity contribution in [2.45, 2.75) is 42.5 Å². The Morgan fingerprint density at radius 2 is 1.53 bits per heavy atom. The minimum absolute atomic E-state index is 0.116. The Morgan fingerprint density at radius 3 is 2.10 bits per heavy atom. The lowest BCUT2D eigenvalue weighted by atomic mass is 10.1. The molecule has 2 aromatic carbocycles. The molecule has 30 heavy (non-hydrogen) atoms. The quantitative estimate of drug-likeness (QED) is 0.729. The lowest BCUT2D eigenvalue weighted by Crippen LogP contribution is -2.29. The molecule has 0 radical (unpaired) electrons. The Bertz CT molecular complexity index is 1150. The van der Waals surface area contributed by atoms with Crippen LogP contribution in [0, 0.1) is 6.92 Å². The molecule has 0 spiro atoms. The molecule has 1 amide bonds. The molecule has 162 valence electrons. The third kappa shape index (κ3) is 4.74. The number of sulfonamides is 1. The van der Waals surface area contributed by atoms with Crippen LogP contribution < -0.4 is 5.32 Å². The van der Waals surface area contributed by atoms with Gasteiger partial charge in [-0.05, 0) is 62.1 Å². The molecular formula is C21H26N2O5S2. The summed E-state index contributed by atoms with van der Waals surface area (Å²) >= 11 is 0. The molecule has 0 unspecified atom stereocenters. The van der Waals surface area contributed by atoms with Crippen LogP contribution in [0.5, 0.6) is 0 Å². The predicted octanol–water partition coefficient (Wildman–Crippen LogP) is 2.67. The van der Waals surface area contributed by atoms with Gasteiger partial charge in [0.1, 0.15) is 0 Å². The second-order valence-corrected chi connectivity index (χ2v) is 11.6. The molecule has 7 nitrogen and oxygen atoms in total. The Labute approximate surface area is 178 Å². The van der Waals surface area contributed by atoms with E-state index in [0.29, 0.717) is 24.2 Å². The third-order valence-corrected chi connectivity index (χ3v) is 8.34. The van der Waals surface area contributed by atoms with E-state index in [1.165, 1.54) is 28.6 Å². The normalized spacial score (nSPS) is 16.4. The molecule has 1 fully saturated rings. The van der Waals surface area contributed by atoms with Gasteiger partial charge in [0.05, 0.1) is 15.8 Å². The summed E-state index contributed by atoms with van der Waals surface area (Å²) in [5, 5.41) is 2.86. The third-order valence-electron chi connectivity index (χ3n) is 5.31. The van der Waals surface area contributed by atoms with E-state index in [9.17, 15) is 21.6 Å². The summed E-state index contributed by atoms with van der Waals surface area (Å²) in [6.07, 6.45) is 2.82. The highest BCUT2D eigenvalue weighted by atomic mass is 32.2. The van der Waals surface area contributed by atoms with Crippen LogP contribution in [0.2, 0.25) is 0 Å². The smallest absolute Gasteiger partial charge is 0.252 e. The van der Waals surface area contributed by atoms with Crippen molar-refractivity contribution in [3.05, 3.63) is 59.2 Å². The van der Waals surface area contributed by atoms with Gasteiger partial charge in [-0.1, -0.05) is 18.2 Å². The van der Waals surface area contributed by atoms with Gasteiger partial charge in [0.25, 0.3) is 5.91 Å². The number of carbonyl (C=O) groups excluding carboxylic acids is 1. The molecule has 9 heteroatoms. The number of rotatable bonds is 6. The molecule has 1 aliphatic rings. The van der Waals surface area contributed by atoms with Gasteiger partial charge in [0.15, 0.2) is 9.84 Å². The van der Waals surface area contributed by atoms with Crippen molar-refractivity contribution in [1.82, 2.24) is 9.62 Å². The number of hydrogen-bond donors (Lipinski definition) is 1. The van der Waals surface area contributed by atoms with Crippen molar-refractivity contribution in [2.75, 3.05) is 19.3 Å². The summed E-state index contributed by atoms with van der Waals surface area (Å²) in [5.74, 6) is -0.384. The van der Waals surface area contributed by atoms with E-state index >= 15 is 0 Å². The summed E-state index contributed by atoms with van der Waals surface area (Å²) < 4.78 is 50.3. The largest absolute Gasteiger partial charge is 0.346 e.